The number of carbonyl (C=O) groups excluding carboxylic acids is 1. The Hall–Kier alpha value is -1.56. The highest BCUT2D eigenvalue weighted by Crippen LogP contribution is 2.17. The lowest BCUT2D eigenvalue weighted by Gasteiger charge is -2.14. The number of nitrogens with one attached hydrogen (secondary N) is 2. The van der Waals surface area contributed by atoms with E-state index in [1.54, 1.807) is 25.1 Å². The van der Waals surface area contributed by atoms with Crippen LogP contribution in [0.15, 0.2) is 18.2 Å². The van der Waals surface area contributed by atoms with Crippen LogP contribution in [0.2, 0.25) is 0 Å². The molecule has 1 rings (SSSR count). The van der Waals surface area contributed by atoms with Crippen LogP contribution >= 0.6 is 0 Å². The summed E-state index contributed by atoms with van der Waals surface area (Å²) in [6.07, 6.45) is 3.04. The molecule has 6 heteroatoms. The van der Waals surface area contributed by atoms with Gasteiger partial charge in [-0.1, -0.05) is 13.3 Å². The molecule has 0 aromatic heterocycles. The maximum Gasteiger partial charge on any atom is 0.251 e. The minimum absolute atomic E-state index is 0.127. The van der Waals surface area contributed by atoms with Gasteiger partial charge in [-0.15, -0.1) is 0 Å². The van der Waals surface area contributed by atoms with Crippen LogP contribution in [-0.2, 0) is 10.0 Å². The first-order valence-corrected chi connectivity index (χ1v) is 8.51. The highest BCUT2D eigenvalue weighted by atomic mass is 32.2. The molecule has 112 valence electrons. The minimum Gasteiger partial charge on any atom is -0.350 e. The number of aryl methyl sites for hydroxylation is 1. The summed E-state index contributed by atoms with van der Waals surface area (Å²) in [4.78, 5) is 12.0. The van der Waals surface area contributed by atoms with Crippen LogP contribution in [0, 0.1) is 6.92 Å². The maximum absolute atomic E-state index is 12.0. The van der Waals surface area contributed by atoms with Crippen LogP contribution in [0.1, 0.15) is 42.6 Å². The summed E-state index contributed by atoms with van der Waals surface area (Å²) in [5.41, 5.74) is 1.74. The van der Waals surface area contributed by atoms with Crippen molar-refractivity contribution < 1.29 is 13.2 Å². The maximum atomic E-state index is 12.0. The van der Waals surface area contributed by atoms with Gasteiger partial charge in [0, 0.05) is 11.6 Å². The second-order valence-corrected chi connectivity index (χ2v) is 6.82. The smallest absolute Gasteiger partial charge is 0.251 e. The number of anilines is 1. The lowest BCUT2D eigenvalue weighted by molar-refractivity contribution is 0.0938. The second kappa shape index (κ2) is 6.74. The van der Waals surface area contributed by atoms with Gasteiger partial charge in [0.1, 0.15) is 0 Å². The van der Waals surface area contributed by atoms with Crippen LogP contribution in [0.25, 0.3) is 0 Å². The summed E-state index contributed by atoms with van der Waals surface area (Å²) in [6.45, 7) is 5.80. The summed E-state index contributed by atoms with van der Waals surface area (Å²) >= 11 is 0. The zero-order chi connectivity index (χ0) is 15.3. The number of carbonyl (C=O) groups is 1. The van der Waals surface area contributed by atoms with Gasteiger partial charge in [0.25, 0.3) is 5.91 Å². The van der Waals surface area contributed by atoms with Crippen molar-refractivity contribution in [2.24, 2.45) is 0 Å². The van der Waals surface area contributed by atoms with E-state index in [1.165, 1.54) is 0 Å². The first-order chi connectivity index (χ1) is 9.23. The molecule has 0 fully saturated rings. The highest BCUT2D eigenvalue weighted by Gasteiger charge is 2.11. The van der Waals surface area contributed by atoms with E-state index in [0.717, 1.165) is 19.1 Å². The van der Waals surface area contributed by atoms with Crippen LogP contribution < -0.4 is 10.0 Å². The quantitative estimate of drug-likeness (QED) is 0.846. The van der Waals surface area contributed by atoms with Crippen molar-refractivity contribution in [1.29, 1.82) is 0 Å². The third-order valence-electron chi connectivity index (χ3n) is 2.88. The average Bonchev–Trinajstić information content (AvgIpc) is 2.30. The molecule has 5 nitrogen and oxygen atoms in total. The number of hydrogen-bond donors (Lipinski definition) is 2. The van der Waals surface area contributed by atoms with Gasteiger partial charge in [-0.2, -0.15) is 0 Å². The number of hydrogen-bond acceptors (Lipinski definition) is 3. The predicted octanol–water partition coefficient (Wildman–Crippen LogP) is 2.28. The molecule has 0 radical (unpaired) electrons. The van der Waals surface area contributed by atoms with Gasteiger partial charge >= 0.3 is 0 Å². The molecule has 0 bridgehead atoms. The molecule has 0 spiro atoms. The van der Waals surface area contributed by atoms with E-state index < -0.39 is 10.0 Å². The molecule has 2 N–H and O–H groups in total. The van der Waals surface area contributed by atoms with E-state index in [1.807, 2.05) is 6.92 Å². The summed E-state index contributed by atoms with van der Waals surface area (Å²) < 4.78 is 24.8. The minimum atomic E-state index is -3.31. The Kier molecular flexibility index (Phi) is 5.56. The fraction of sp³-hybridized carbons (Fsp3) is 0.500. The Morgan fingerprint density at radius 3 is 2.50 bits per heavy atom. The average molecular weight is 298 g/mol. The first-order valence-electron chi connectivity index (χ1n) is 6.62. The molecule has 1 aromatic rings. The molecule has 20 heavy (non-hydrogen) atoms. The van der Waals surface area contributed by atoms with E-state index in [4.69, 9.17) is 0 Å². The van der Waals surface area contributed by atoms with Gasteiger partial charge in [0.2, 0.25) is 10.0 Å². The standard InChI is InChI=1S/C14H22N2O3S/c1-5-6-11(3)15-14(17)12-7-8-13(10(2)9-12)16-20(4,18)19/h7-9,11,16H,5-6H2,1-4H3,(H,15,17)/t11-/m1/s1. The number of amides is 1. The van der Waals surface area contributed by atoms with E-state index in [2.05, 4.69) is 17.0 Å². The second-order valence-electron chi connectivity index (χ2n) is 5.07. The van der Waals surface area contributed by atoms with Crippen molar-refractivity contribution in [3.8, 4) is 0 Å². The molecule has 0 saturated carbocycles. The van der Waals surface area contributed by atoms with Crippen molar-refractivity contribution >= 4 is 21.6 Å². The Morgan fingerprint density at radius 1 is 1.35 bits per heavy atom. The molecular weight excluding hydrogens is 276 g/mol. The van der Waals surface area contributed by atoms with Gasteiger partial charge in [0.15, 0.2) is 0 Å². The molecule has 1 amide bonds. The summed E-state index contributed by atoms with van der Waals surface area (Å²) in [7, 11) is -3.31. The van der Waals surface area contributed by atoms with E-state index in [-0.39, 0.29) is 11.9 Å². The number of benzene rings is 1. The highest BCUT2D eigenvalue weighted by molar-refractivity contribution is 7.92. The molecule has 0 aliphatic carbocycles. The number of sulfonamides is 1. The topological polar surface area (TPSA) is 75.3 Å². The summed E-state index contributed by atoms with van der Waals surface area (Å²) in [5.74, 6) is -0.139. The molecule has 1 aromatic carbocycles. The number of rotatable bonds is 6. The zero-order valence-electron chi connectivity index (χ0n) is 12.4. The van der Waals surface area contributed by atoms with Crippen LogP contribution in [0.3, 0.4) is 0 Å². The fourth-order valence-corrected chi connectivity index (χ4v) is 2.56. The van der Waals surface area contributed by atoms with Crippen LogP contribution in [-0.4, -0.2) is 26.6 Å². The third-order valence-corrected chi connectivity index (χ3v) is 3.47. The van der Waals surface area contributed by atoms with Crippen LogP contribution in [0.4, 0.5) is 5.69 Å². The fourth-order valence-electron chi connectivity index (χ4n) is 1.93. The largest absolute Gasteiger partial charge is 0.350 e. The van der Waals surface area contributed by atoms with Crippen molar-refractivity contribution in [2.75, 3.05) is 11.0 Å². The molecule has 0 heterocycles. The lowest BCUT2D eigenvalue weighted by atomic mass is 10.1. The van der Waals surface area contributed by atoms with Crippen molar-refractivity contribution in [3.05, 3.63) is 29.3 Å². The van der Waals surface area contributed by atoms with Crippen LogP contribution in [0.5, 0.6) is 0 Å². The summed E-state index contributed by atoms with van der Waals surface area (Å²) in [5, 5.41) is 2.91. The van der Waals surface area contributed by atoms with E-state index in [9.17, 15) is 13.2 Å². The molecular formula is C14H22N2O3S. The predicted molar refractivity (Wildman–Crippen MR) is 81.5 cm³/mol. The molecule has 0 aliphatic heterocycles. The molecule has 1 atom stereocenters. The van der Waals surface area contributed by atoms with Crippen molar-refractivity contribution in [2.45, 2.75) is 39.7 Å². The van der Waals surface area contributed by atoms with E-state index >= 15 is 0 Å². The molecule has 0 unspecified atom stereocenters. The first kappa shape index (κ1) is 16.5. The van der Waals surface area contributed by atoms with E-state index in [0.29, 0.717) is 16.8 Å². The zero-order valence-corrected chi connectivity index (χ0v) is 13.2. The molecule has 0 aliphatic rings. The van der Waals surface area contributed by atoms with Gasteiger partial charge in [0.05, 0.1) is 11.9 Å². The van der Waals surface area contributed by atoms with Gasteiger partial charge in [-0.25, -0.2) is 8.42 Å². The SMILES string of the molecule is CCC[C@@H](C)NC(=O)c1ccc(NS(C)(=O)=O)c(C)c1. The Labute approximate surface area is 120 Å². The van der Waals surface area contributed by atoms with Crippen molar-refractivity contribution in [3.63, 3.8) is 0 Å². The van der Waals surface area contributed by atoms with Gasteiger partial charge in [-0.05, 0) is 44.0 Å². The summed E-state index contributed by atoms with van der Waals surface area (Å²) in [6, 6.07) is 5.04. The Bertz CT molecular complexity index is 582. The Morgan fingerprint density at radius 2 is 2.00 bits per heavy atom. The van der Waals surface area contributed by atoms with Gasteiger partial charge < -0.3 is 5.32 Å². The Balaban J connectivity index is 2.84. The normalized spacial score (nSPS) is 12.8. The van der Waals surface area contributed by atoms with Gasteiger partial charge in [-0.3, -0.25) is 9.52 Å². The lowest BCUT2D eigenvalue weighted by Crippen LogP contribution is -2.32. The molecule has 0 saturated heterocycles. The monoisotopic (exact) mass is 298 g/mol. The van der Waals surface area contributed by atoms with Crippen molar-refractivity contribution in [1.82, 2.24) is 5.32 Å². The third kappa shape index (κ3) is 5.21.